The quantitative estimate of drug-likeness (QED) is 0.390. The van der Waals surface area contributed by atoms with Crippen molar-refractivity contribution in [2.24, 2.45) is 11.8 Å². The van der Waals surface area contributed by atoms with Crippen LogP contribution in [0.25, 0.3) is 17.1 Å². The van der Waals surface area contributed by atoms with Crippen molar-refractivity contribution in [3.8, 4) is 0 Å². The number of cyclic esters (lactones) is 1. The van der Waals surface area contributed by atoms with Crippen LogP contribution in [0.1, 0.15) is 64.5 Å². The molecule has 3 aliphatic heterocycles. The van der Waals surface area contributed by atoms with E-state index in [2.05, 4.69) is 15.2 Å². The van der Waals surface area contributed by atoms with E-state index < -0.39 is 30.1 Å². The highest BCUT2D eigenvalue weighted by Gasteiger charge is 2.29. The fourth-order valence-corrected chi connectivity index (χ4v) is 6.28. The van der Waals surface area contributed by atoms with Crippen LogP contribution in [0.4, 0.5) is 9.18 Å². The van der Waals surface area contributed by atoms with Gasteiger partial charge in [0.05, 0.1) is 24.1 Å². The van der Waals surface area contributed by atoms with Crippen molar-refractivity contribution in [3.63, 3.8) is 0 Å². The zero-order valence-electron chi connectivity index (χ0n) is 26.7. The van der Waals surface area contributed by atoms with Crippen LogP contribution in [0.2, 0.25) is 0 Å². The Morgan fingerprint density at radius 1 is 1.09 bits per heavy atom. The smallest absolute Gasteiger partial charge is 0.410 e. The Balaban J connectivity index is 1.40. The van der Waals surface area contributed by atoms with Crippen LogP contribution >= 0.6 is 0 Å². The van der Waals surface area contributed by atoms with Crippen LogP contribution < -0.4 is 0 Å². The van der Waals surface area contributed by atoms with E-state index in [-0.39, 0.29) is 35.9 Å². The van der Waals surface area contributed by atoms with Gasteiger partial charge in [0, 0.05) is 45.3 Å². The fourth-order valence-electron chi connectivity index (χ4n) is 6.28. The summed E-state index contributed by atoms with van der Waals surface area (Å²) in [4.78, 5) is 29.9. The van der Waals surface area contributed by atoms with Crippen LogP contribution in [-0.4, -0.2) is 107 Å². The van der Waals surface area contributed by atoms with Crippen molar-refractivity contribution >= 4 is 29.2 Å². The van der Waals surface area contributed by atoms with Crippen LogP contribution in [0.5, 0.6) is 0 Å². The molecule has 0 saturated carbocycles. The molecule has 0 unspecified atom stereocenters. The van der Waals surface area contributed by atoms with Gasteiger partial charge in [-0.05, 0) is 74.9 Å². The highest BCUT2D eigenvalue weighted by atomic mass is 19.1. The minimum atomic E-state index is -0.882. The summed E-state index contributed by atoms with van der Waals surface area (Å²) in [5.41, 5.74) is 2.12. The SMILES string of the molecule is C/C(=C\c1cc(F)c2nnn(C3CCOCC3)c2c1)[C@H]1OC(=O)C[C@H](O)CC[C@H](C)[C@@H](OC(=O)N2CCN(C)CC2)/C=C\[C@@H]1C. The fraction of sp³-hybridized carbons (Fsp3) is 0.636. The summed E-state index contributed by atoms with van der Waals surface area (Å²) in [5.74, 6) is -1.36. The number of rotatable bonds is 4. The molecule has 0 radical (unpaired) electrons. The normalized spacial score (nSPS) is 29.1. The number of aromatic nitrogens is 3. The number of ether oxygens (including phenoxy) is 3. The molecule has 1 aromatic carbocycles. The van der Waals surface area contributed by atoms with Gasteiger partial charge in [-0.15, -0.1) is 5.10 Å². The lowest BCUT2D eigenvalue weighted by molar-refractivity contribution is -0.151. The zero-order valence-corrected chi connectivity index (χ0v) is 26.7. The summed E-state index contributed by atoms with van der Waals surface area (Å²) in [5, 5.41) is 19.0. The predicted molar refractivity (Wildman–Crippen MR) is 167 cm³/mol. The molecule has 0 aliphatic carbocycles. The highest BCUT2D eigenvalue weighted by molar-refractivity contribution is 5.79. The standard InChI is InChI=1S/C33H46FN5O6/c1-21-5-7-26(40)20-30(41)45-32(22(2)6-8-29(21)44-33(42)38-13-11-37(4)12-14-38)23(3)17-24-18-27(34)31-28(19-24)39(36-35-31)25-9-15-43-16-10-25/h6,8,17-19,21-22,25-26,29,32,40H,5,7,9-16,20H2,1-4H3/b8-6-,23-17+/t21-,22-,26+,29-,32-/m0/s1. The molecule has 0 bridgehead atoms. The van der Waals surface area contributed by atoms with Crippen LogP contribution in [0.15, 0.2) is 29.9 Å². The van der Waals surface area contributed by atoms with E-state index in [0.717, 1.165) is 25.9 Å². The molecule has 2 aromatic rings. The second kappa shape index (κ2) is 14.8. The van der Waals surface area contributed by atoms with Crippen molar-refractivity contribution in [3.05, 3.63) is 41.2 Å². The second-order valence-corrected chi connectivity index (χ2v) is 12.8. The van der Waals surface area contributed by atoms with E-state index in [1.165, 1.54) is 6.07 Å². The average Bonchev–Trinajstić information content (AvgIpc) is 3.45. The lowest BCUT2D eigenvalue weighted by Gasteiger charge is -2.33. The van der Waals surface area contributed by atoms with Crippen molar-refractivity contribution in [1.29, 1.82) is 0 Å². The molecular weight excluding hydrogens is 581 g/mol. The van der Waals surface area contributed by atoms with Gasteiger partial charge in [0.25, 0.3) is 0 Å². The average molecular weight is 628 g/mol. The van der Waals surface area contributed by atoms with Crippen molar-refractivity contribution in [1.82, 2.24) is 24.8 Å². The molecule has 246 valence electrons. The minimum Gasteiger partial charge on any atom is -0.457 e. The summed E-state index contributed by atoms with van der Waals surface area (Å²) in [6.07, 6.45) is 5.51. The Kier molecular flexibility index (Phi) is 10.9. The number of fused-ring (bicyclic) bond motifs is 1. The lowest BCUT2D eigenvalue weighted by Crippen LogP contribution is -2.48. The summed E-state index contributed by atoms with van der Waals surface area (Å²) in [6.45, 7) is 9.78. The molecule has 0 spiro atoms. The summed E-state index contributed by atoms with van der Waals surface area (Å²) in [6, 6.07) is 3.34. The first-order valence-corrected chi connectivity index (χ1v) is 16.1. The molecule has 1 amide bonds. The molecule has 5 atom stereocenters. The number of carbonyl (C=O) groups excluding carboxylic acids is 2. The number of aliphatic hydroxyl groups is 1. The Morgan fingerprint density at radius 3 is 2.56 bits per heavy atom. The number of esters is 1. The van der Waals surface area contributed by atoms with E-state index in [9.17, 15) is 14.7 Å². The van der Waals surface area contributed by atoms with Crippen LogP contribution in [0.3, 0.4) is 0 Å². The molecule has 11 nitrogen and oxygen atoms in total. The Morgan fingerprint density at radius 2 is 1.82 bits per heavy atom. The van der Waals surface area contributed by atoms with Crippen molar-refractivity contribution in [2.75, 3.05) is 46.4 Å². The number of nitrogens with zero attached hydrogens (tertiary/aromatic N) is 5. The topological polar surface area (TPSA) is 119 Å². The number of halogens is 1. The molecule has 45 heavy (non-hydrogen) atoms. The first kappa shape index (κ1) is 33.0. The number of amides is 1. The zero-order chi connectivity index (χ0) is 32.1. The maximum atomic E-state index is 15.2. The molecule has 1 N–H and O–H groups in total. The number of carbonyl (C=O) groups is 2. The molecular formula is C33H46FN5O6. The maximum Gasteiger partial charge on any atom is 0.410 e. The van der Waals surface area contributed by atoms with Gasteiger partial charge in [-0.2, -0.15) is 0 Å². The second-order valence-electron chi connectivity index (χ2n) is 12.8. The summed E-state index contributed by atoms with van der Waals surface area (Å²) in [7, 11) is 2.03. The van der Waals surface area contributed by atoms with Gasteiger partial charge in [0.1, 0.15) is 17.7 Å². The largest absolute Gasteiger partial charge is 0.457 e. The molecule has 5 rings (SSSR count). The van der Waals surface area contributed by atoms with Crippen molar-refractivity contribution in [2.45, 2.75) is 77.2 Å². The Bertz CT molecular complexity index is 1400. The van der Waals surface area contributed by atoms with E-state index >= 15 is 4.39 Å². The van der Waals surface area contributed by atoms with Gasteiger partial charge in [0.15, 0.2) is 5.82 Å². The number of benzene rings is 1. The molecule has 2 saturated heterocycles. The van der Waals surface area contributed by atoms with Gasteiger partial charge in [-0.25, -0.2) is 13.9 Å². The van der Waals surface area contributed by atoms with E-state index in [4.69, 9.17) is 14.2 Å². The van der Waals surface area contributed by atoms with E-state index in [1.54, 1.807) is 9.58 Å². The predicted octanol–water partition coefficient (Wildman–Crippen LogP) is 4.36. The Hall–Kier alpha value is -3.35. The maximum absolute atomic E-state index is 15.2. The van der Waals surface area contributed by atoms with E-state index in [1.807, 2.05) is 52.1 Å². The Labute approximate surface area is 264 Å². The third-order valence-electron chi connectivity index (χ3n) is 9.19. The molecule has 2 fully saturated rings. The third-order valence-corrected chi connectivity index (χ3v) is 9.19. The highest BCUT2D eigenvalue weighted by Crippen LogP contribution is 2.29. The van der Waals surface area contributed by atoms with Crippen molar-refractivity contribution < 1.29 is 33.3 Å². The van der Waals surface area contributed by atoms with Gasteiger partial charge in [-0.3, -0.25) is 4.79 Å². The first-order valence-electron chi connectivity index (χ1n) is 16.1. The van der Waals surface area contributed by atoms with E-state index in [0.29, 0.717) is 55.8 Å². The summed E-state index contributed by atoms with van der Waals surface area (Å²) < 4.78 is 34.4. The van der Waals surface area contributed by atoms with Gasteiger partial charge in [0.2, 0.25) is 0 Å². The number of hydrogen-bond acceptors (Lipinski definition) is 9. The monoisotopic (exact) mass is 627 g/mol. The lowest BCUT2D eigenvalue weighted by atomic mass is 9.91. The molecule has 4 heterocycles. The van der Waals surface area contributed by atoms with Gasteiger partial charge in [-0.1, -0.05) is 31.2 Å². The van der Waals surface area contributed by atoms with Gasteiger partial charge < -0.3 is 29.1 Å². The summed E-state index contributed by atoms with van der Waals surface area (Å²) >= 11 is 0. The molecule has 1 aromatic heterocycles. The van der Waals surface area contributed by atoms with Crippen LogP contribution in [0, 0.1) is 17.7 Å². The molecule has 12 heteroatoms. The third kappa shape index (κ3) is 8.28. The van der Waals surface area contributed by atoms with Crippen LogP contribution in [-0.2, 0) is 19.0 Å². The molecule has 3 aliphatic rings. The minimum absolute atomic E-state index is 0.0751. The number of piperazine rings is 1. The first-order chi connectivity index (χ1) is 21.6. The van der Waals surface area contributed by atoms with Gasteiger partial charge >= 0.3 is 12.1 Å². The number of aliphatic hydroxyl groups excluding tert-OH is 1. The number of likely N-dealkylation sites (N-methyl/N-ethyl adjacent to an activating group) is 1. The number of hydrogen-bond donors (Lipinski definition) is 1.